The highest BCUT2D eigenvalue weighted by Crippen LogP contribution is 2.37. The Bertz CT molecular complexity index is 1680. The van der Waals surface area contributed by atoms with Crippen molar-refractivity contribution < 1.29 is 23.1 Å². The summed E-state index contributed by atoms with van der Waals surface area (Å²) in [6.07, 6.45) is 3.35. The molecule has 1 aromatic heterocycles. The summed E-state index contributed by atoms with van der Waals surface area (Å²) in [7, 11) is -3.84. The van der Waals surface area contributed by atoms with Crippen molar-refractivity contribution in [1.82, 2.24) is 15.6 Å². The number of amides is 2. The van der Waals surface area contributed by atoms with Crippen molar-refractivity contribution in [1.29, 1.82) is 0 Å². The van der Waals surface area contributed by atoms with E-state index < -0.39 is 15.9 Å². The van der Waals surface area contributed by atoms with Crippen LogP contribution in [0.25, 0.3) is 11.6 Å². The molecule has 42 heavy (non-hydrogen) atoms. The predicted molar refractivity (Wildman–Crippen MR) is 164 cm³/mol. The first-order chi connectivity index (χ1) is 19.9. The molecule has 2 aromatic carbocycles. The molecule has 2 heterocycles. The normalized spacial score (nSPS) is 16.4. The van der Waals surface area contributed by atoms with Crippen LogP contribution in [0.4, 0.5) is 5.69 Å². The van der Waals surface area contributed by atoms with E-state index in [1.165, 1.54) is 12.1 Å². The first-order valence-electron chi connectivity index (χ1n) is 13.6. The smallest absolute Gasteiger partial charge is 0.256 e. The highest BCUT2D eigenvalue weighted by Gasteiger charge is 2.28. The number of anilines is 1. The Balaban J connectivity index is 1.34. The number of aromatic nitrogens is 1. The number of halogens is 2. The summed E-state index contributed by atoms with van der Waals surface area (Å²) in [5.74, 6) is -0.977. The van der Waals surface area contributed by atoms with Gasteiger partial charge in [-0.25, -0.2) is 8.42 Å². The molecule has 0 saturated heterocycles. The molecule has 2 amide bonds. The van der Waals surface area contributed by atoms with E-state index in [0.29, 0.717) is 40.7 Å². The number of nitrogens with one attached hydrogen (secondary N) is 4. The average molecular weight is 632 g/mol. The third-order valence-electron chi connectivity index (χ3n) is 7.54. The molecule has 1 aliphatic carbocycles. The lowest BCUT2D eigenvalue weighted by molar-refractivity contribution is -0.121. The molecule has 1 atom stereocenters. The fourth-order valence-electron chi connectivity index (χ4n) is 4.93. The molecule has 9 nitrogen and oxygen atoms in total. The molecule has 0 spiro atoms. The molecule has 0 bridgehead atoms. The van der Waals surface area contributed by atoms with Crippen molar-refractivity contribution in [2.24, 2.45) is 0 Å². The van der Waals surface area contributed by atoms with Gasteiger partial charge in [-0.05, 0) is 74.2 Å². The van der Waals surface area contributed by atoms with Crippen molar-refractivity contribution in [2.75, 3.05) is 18.4 Å². The fourth-order valence-corrected chi connectivity index (χ4v) is 7.05. The Morgan fingerprint density at radius 1 is 1.12 bits per heavy atom. The number of aromatic amines is 1. The van der Waals surface area contributed by atoms with Gasteiger partial charge < -0.3 is 26.0 Å². The van der Waals surface area contributed by atoms with Gasteiger partial charge in [0.15, 0.2) is 9.84 Å². The van der Waals surface area contributed by atoms with Crippen molar-refractivity contribution >= 4 is 62.2 Å². The molecule has 12 heteroatoms. The monoisotopic (exact) mass is 630 g/mol. The molecular formula is C30H32Cl2N4O5S. The largest absolute Gasteiger partial charge is 0.390 e. The number of hydrogen-bond acceptors (Lipinski definition) is 6. The molecule has 1 fully saturated rings. The molecule has 222 valence electrons. The summed E-state index contributed by atoms with van der Waals surface area (Å²) in [5, 5.41) is 19.4. The molecule has 2 aliphatic rings. The zero-order chi connectivity index (χ0) is 30.2. The maximum atomic E-state index is 13.3. The summed E-state index contributed by atoms with van der Waals surface area (Å²) in [5.41, 5.74) is 4.55. The molecule has 0 radical (unpaired) electrons. The molecular weight excluding hydrogens is 599 g/mol. The Hall–Kier alpha value is -3.15. The van der Waals surface area contributed by atoms with Crippen LogP contribution in [0, 0.1) is 13.8 Å². The highest BCUT2D eigenvalue weighted by atomic mass is 35.5. The first-order valence-corrected chi connectivity index (χ1v) is 16.0. The lowest BCUT2D eigenvalue weighted by atomic mass is 10.0. The second kappa shape index (κ2) is 12.2. The Kier molecular flexibility index (Phi) is 8.82. The SMILES string of the molecule is Cc1[nH]c(C=C2C(=O)Nc3ccc(S(=O)(=O)Cc4c(Cl)cccc4Cl)cc32)c(C)c1CC(=O)NCC(O)CNC1CC1. The van der Waals surface area contributed by atoms with E-state index in [1.807, 2.05) is 13.8 Å². The van der Waals surface area contributed by atoms with Gasteiger partial charge in [-0.15, -0.1) is 0 Å². The minimum atomic E-state index is -3.84. The van der Waals surface area contributed by atoms with Gasteiger partial charge in [-0.3, -0.25) is 9.59 Å². The van der Waals surface area contributed by atoms with Gasteiger partial charge in [0.1, 0.15) is 0 Å². The van der Waals surface area contributed by atoms with Crippen LogP contribution < -0.4 is 16.0 Å². The Morgan fingerprint density at radius 3 is 2.52 bits per heavy atom. The van der Waals surface area contributed by atoms with Crippen LogP contribution in [0.15, 0.2) is 41.3 Å². The highest BCUT2D eigenvalue weighted by molar-refractivity contribution is 7.90. The number of aryl methyl sites for hydroxylation is 1. The fraction of sp³-hybridized carbons (Fsp3) is 0.333. The van der Waals surface area contributed by atoms with Gasteiger partial charge in [0.25, 0.3) is 5.91 Å². The first kappa shape index (κ1) is 30.3. The number of carbonyl (C=O) groups is 2. The lowest BCUT2D eigenvalue weighted by Crippen LogP contribution is -2.39. The van der Waals surface area contributed by atoms with E-state index in [2.05, 4.69) is 20.9 Å². The van der Waals surface area contributed by atoms with Crippen LogP contribution in [0.3, 0.4) is 0 Å². The van der Waals surface area contributed by atoms with Gasteiger partial charge >= 0.3 is 0 Å². The maximum absolute atomic E-state index is 13.3. The predicted octanol–water partition coefficient (Wildman–Crippen LogP) is 4.18. The number of sulfone groups is 1. The Labute approximate surface area is 254 Å². The van der Waals surface area contributed by atoms with Gasteiger partial charge in [-0.1, -0.05) is 29.3 Å². The number of benzene rings is 2. The zero-order valence-corrected chi connectivity index (χ0v) is 25.5. The number of H-pyrrole nitrogens is 1. The van der Waals surface area contributed by atoms with E-state index in [-0.39, 0.29) is 45.5 Å². The van der Waals surface area contributed by atoms with Crippen LogP contribution in [0.1, 0.15) is 46.5 Å². The van der Waals surface area contributed by atoms with Gasteiger partial charge in [0.05, 0.1) is 28.7 Å². The quantitative estimate of drug-likeness (QED) is 0.201. The summed E-state index contributed by atoms with van der Waals surface area (Å²) in [6.45, 7) is 4.29. The summed E-state index contributed by atoms with van der Waals surface area (Å²) < 4.78 is 26.6. The summed E-state index contributed by atoms with van der Waals surface area (Å²) in [6, 6.07) is 9.77. The zero-order valence-electron chi connectivity index (χ0n) is 23.2. The average Bonchev–Trinajstić information content (AvgIpc) is 3.67. The third kappa shape index (κ3) is 6.74. The van der Waals surface area contributed by atoms with Gasteiger partial charge in [0, 0.05) is 57.4 Å². The van der Waals surface area contributed by atoms with Crippen LogP contribution in [0.2, 0.25) is 10.0 Å². The minimum absolute atomic E-state index is 0.0332. The summed E-state index contributed by atoms with van der Waals surface area (Å²) >= 11 is 12.4. The van der Waals surface area contributed by atoms with Crippen molar-refractivity contribution in [2.45, 2.75) is 55.9 Å². The third-order valence-corrected chi connectivity index (χ3v) is 9.89. The molecule has 1 saturated carbocycles. The summed E-state index contributed by atoms with van der Waals surface area (Å²) in [4.78, 5) is 28.9. The number of rotatable bonds is 11. The Morgan fingerprint density at radius 2 is 1.83 bits per heavy atom. The van der Waals surface area contributed by atoms with E-state index in [4.69, 9.17) is 23.2 Å². The number of aliphatic hydroxyl groups excluding tert-OH is 1. The van der Waals surface area contributed by atoms with Crippen LogP contribution in [-0.4, -0.2) is 55.6 Å². The number of hydrogen-bond donors (Lipinski definition) is 5. The number of aliphatic hydroxyl groups is 1. The number of fused-ring (bicyclic) bond motifs is 1. The van der Waals surface area contributed by atoms with Gasteiger partial charge in [0.2, 0.25) is 5.91 Å². The lowest BCUT2D eigenvalue weighted by Gasteiger charge is -2.12. The van der Waals surface area contributed by atoms with Crippen LogP contribution in [0.5, 0.6) is 0 Å². The van der Waals surface area contributed by atoms with E-state index in [1.54, 1.807) is 30.3 Å². The molecule has 5 rings (SSSR count). The minimum Gasteiger partial charge on any atom is -0.390 e. The second-order valence-corrected chi connectivity index (χ2v) is 13.6. The van der Waals surface area contributed by atoms with Gasteiger partial charge in [-0.2, -0.15) is 0 Å². The topological polar surface area (TPSA) is 140 Å². The van der Waals surface area contributed by atoms with Crippen molar-refractivity contribution in [3.05, 3.63) is 80.1 Å². The van der Waals surface area contributed by atoms with Crippen molar-refractivity contribution in [3.8, 4) is 0 Å². The van der Waals surface area contributed by atoms with Crippen LogP contribution in [-0.2, 0) is 31.6 Å². The van der Waals surface area contributed by atoms with Crippen molar-refractivity contribution in [3.63, 3.8) is 0 Å². The van der Waals surface area contributed by atoms with E-state index >= 15 is 0 Å². The van der Waals surface area contributed by atoms with E-state index in [9.17, 15) is 23.1 Å². The van der Waals surface area contributed by atoms with E-state index in [0.717, 1.165) is 29.7 Å². The maximum Gasteiger partial charge on any atom is 0.256 e. The van der Waals surface area contributed by atoms with Crippen LogP contribution >= 0.6 is 23.2 Å². The molecule has 5 N–H and O–H groups in total. The molecule has 3 aromatic rings. The standard InChI is InChI=1S/C30H32Cl2N4O5S/c1-16-21(12-29(38)34-14-19(37)13-33-18-6-7-18)17(2)35-28(16)11-23-22-10-20(8-9-27(22)36-30(23)39)42(40,41)15-24-25(31)4-3-5-26(24)32/h3-5,8-11,18-19,33,35,37H,6-7,12-15H2,1-2H3,(H,34,38)(H,36,39). The second-order valence-electron chi connectivity index (χ2n) is 10.8. The number of carbonyl (C=O) groups excluding carboxylic acids is 2. The molecule has 1 aliphatic heterocycles. The molecule has 1 unspecified atom stereocenters.